The number of hydrogen-bond acceptors (Lipinski definition) is 3. The lowest BCUT2D eigenvalue weighted by atomic mass is 10.1. The van der Waals surface area contributed by atoms with Crippen molar-refractivity contribution in [3.05, 3.63) is 23.8 Å². The molecule has 0 spiro atoms. The first-order chi connectivity index (χ1) is 9.10. The van der Waals surface area contributed by atoms with E-state index in [0.717, 1.165) is 24.5 Å². The SMILES string of the molecule is CCCNC(C)c1c(OC)cccc1SCC(C)C. The van der Waals surface area contributed by atoms with Crippen LogP contribution in [0, 0.1) is 5.92 Å². The van der Waals surface area contributed by atoms with Crippen LogP contribution < -0.4 is 10.1 Å². The Morgan fingerprint density at radius 1 is 1.26 bits per heavy atom. The van der Waals surface area contributed by atoms with E-state index in [0.29, 0.717) is 12.0 Å². The Bertz CT molecular complexity index is 379. The van der Waals surface area contributed by atoms with E-state index in [1.807, 2.05) is 11.8 Å². The topological polar surface area (TPSA) is 21.3 Å². The second-order valence-electron chi connectivity index (χ2n) is 5.25. The van der Waals surface area contributed by atoms with Crippen molar-refractivity contribution in [1.29, 1.82) is 0 Å². The van der Waals surface area contributed by atoms with Crippen LogP contribution in [0.5, 0.6) is 5.75 Å². The fraction of sp³-hybridized carbons (Fsp3) is 0.625. The molecule has 1 aromatic rings. The zero-order valence-corrected chi connectivity index (χ0v) is 13.6. The Hall–Kier alpha value is -0.670. The Morgan fingerprint density at radius 2 is 2.00 bits per heavy atom. The molecule has 0 aliphatic rings. The van der Waals surface area contributed by atoms with Crippen LogP contribution in [0.4, 0.5) is 0 Å². The Labute approximate surface area is 122 Å². The average Bonchev–Trinajstić information content (AvgIpc) is 2.41. The summed E-state index contributed by atoms with van der Waals surface area (Å²) in [5.74, 6) is 2.83. The normalized spacial score (nSPS) is 12.7. The molecule has 2 nitrogen and oxygen atoms in total. The van der Waals surface area contributed by atoms with Gasteiger partial charge in [-0.3, -0.25) is 0 Å². The summed E-state index contributed by atoms with van der Waals surface area (Å²) in [4.78, 5) is 1.34. The third kappa shape index (κ3) is 5.07. The van der Waals surface area contributed by atoms with Gasteiger partial charge in [-0.05, 0) is 37.9 Å². The minimum Gasteiger partial charge on any atom is -0.496 e. The summed E-state index contributed by atoms with van der Waals surface area (Å²) in [6, 6.07) is 6.66. The lowest BCUT2D eigenvalue weighted by Gasteiger charge is -2.21. The minimum absolute atomic E-state index is 0.325. The zero-order valence-electron chi connectivity index (χ0n) is 12.8. The molecule has 1 rings (SSSR count). The maximum absolute atomic E-state index is 5.54. The molecule has 0 fully saturated rings. The molecular weight excluding hydrogens is 254 g/mol. The zero-order chi connectivity index (χ0) is 14.3. The smallest absolute Gasteiger partial charge is 0.124 e. The summed E-state index contributed by atoms with van der Waals surface area (Å²) in [6.45, 7) is 9.95. The first-order valence-electron chi connectivity index (χ1n) is 7.13. The van der Waals surface area contributed by atoms with E-state index in [2.05, 4.69) is 51.2 Å². The van der Waals surface area contributed by atoms with Crippen LogP contribution in [-0.4, -0.2) is 19.4 Å². The first kappa shape index (κ1) is 16.4. The van der Waals surface area contributed by atoms with Crippen molar-refractivity contribution in [2.24, 2.45) is 5.92 Å². The molecule has 0 bridgehead atoms. The van der Waals surface area contributed by atoms with Gasteiger partial charge in [0.05, 0.1) is 7.11 Å². The van der Waals surface area contributed by atoms with Crippen LogP contribution in [0.15, 0.2) is 23.1 Å². The van der Waals surface area contributed by atoms with Crippen molar-refractivity contribution in [3.8, 4) is 5.75 Å². The van der Waals surface area contributed by atoms with E-state index in [-0.39, 0.29) is 0 Å². The summed E-state index contributed by atoms with van der Waals surface area (Å²) >= 11 is 1.93. The van der Waals surface area contributed by atoms with E-state index in [1.54, 1.807) is 7.11 Å². The maximum Gasteiger partial charge on any atom is 0.124 e. The lowest BCUT2D eigenvalue weighted by Crippen LogP contribution is -2.20. The number of hydrogen-bond donors (Lipinski definition) is 1. The molecule has 0 aliphatic heterocycles. The highest BCUT2D eigenvalue weighted by Crippen LogP contribution is 2.35. The Morgan fingerprint density at radius 3 is 2.58 bits per heavy atom. The van der Waals surface area contributed by atoms with Crippen molar-refractivity contribution < 1.29 is 4.74 Å². The van der Waals surface area contributed by atoms with Gasteiger partial charge in [-0.15, -0.1) is 11.8 Å². The van der Waals surface area contributed by atoms with E-state index < -0.39 is 0 Å². The van der Waals surface area contributed by atoms with Crippen LogP contribution in [0.25, 0.3) is 0 Å². The maximum atomic E-state index is 5.54. The number of rotatable bonds is 8. The van der Waals surface area contributed by atoms with Gasteiger partial charge in [0.1, 0.15) is 5.75 Å². The monoisotopic (exact) mass is 281 g/mol. The van der Waals surface area contributed by atoms with Gasteiger partial charge in [0.15, 0.2) is 0 Å². The van der Waals surface area contributed by atoms with Crippen LogP contribution in [0.1, 0.15) is 45.7 Å². The third-order valence-electron chi connectivity index (χ3n) is 2.95. The molecule has 0 amide bonds. The fourth-order valence-electron chi connectivity index (χ4n) is 1.97. The molecule has 1 unspecified atom stereocenters. The summed E-state index contributed by atoms with van der Waals surface area (Å²) < 4.78 is 5.54. The molecule has 108 valence electrons. The Kier molecular flexibility index (Phi) is 7.32. The van der Waals surface area contributed by atoms with Gasteiger partial charge in [0, 0.05) is 22.3 Å². The molecule has 0 radical (unpaired) electrons. The minimum atomic E-state index is 0.325. The van der Waals surface area contributed by atoms with Crippen LogP contribution in [-0.2, 0) is 0 Å². The largest absolute Gasteiger partial charge is 0.496 e. The molecule has 0 saturated heterocycles. The summed E-state index contributed by atoms with van der Waals surface area (Å²) in [7, 11) is 1.75. The van der Waals surface area contributed by atoms with Gasteiger partial charge in [-0.1, -0.05) is 26.8 Å². The molecule has 0 saturated carbocycles. The average molecular weight is 281 g/mol. The predicted octanol–water partition coefficient (Wildman–Crippen LogP) is 4.50. The van der Waals surface area contributed by atoms with E-state index in [9.17, 15) is 0 Å². The number of benzene rings is 1. The van der Waals surface area contributed by atoms with Gasteiger partial charge < -0.3 is 10.1 Å². The van der Waals surface area contributed by atoms with Crippen LogP contribution >= 0.6 is 11.8 Å². The quantitative estimate of drug-likeness (QED) is 0.709. The van der Waals surface area contributed by atoms with Gasteiger partial charge in [-0.25, -0.2) is 0 Å². The number of thioether (sulfide) groups is 1. The molecule has 19 heavy (non-hydrogen) atoms. The highest BCUT2D eigenvalue weighted by molar-refractivity contribution is 7.99. The standard InChI is InChI=1S/C16H27NOS/c1-6-10-17-13(4)16-14(18-5)8-7-9-15(16)19-11-12(2)3/h7-9,12-13,17H,6,10-11H2,1-5H3. The van der Waals surface area contributed by atoms with Crippen molar-refractivity contribution in [1.82, 2.24) is 5.32 Å². The molecule has 1 atom stereocenters. The highest BCUT2D eigenvalue weighted by atomic mass is 32.2. The molecule has 1 N–H and O–H groups in total. The third-order valence-corrected chi connectivity index (χ3v) is 4.45. The molecule has 1 aromatic carbocycles. The molecule has 0 heterocycles. The number of nitrogens with one attached hydrogen (secondary N) is 1. The molecule has 3 heteroatoms. The Balaban J connectivity index is 2.94. The van der Waals surface area contributed by atoms with E-state index >= 15 is 0 Å². The van der Waals surface area contributed by atoms with Gasteiger partial charge >= 0.3 is 0 Å². The van der Waals surface area contributed by atoms with Crippen LogP contribution in [0.3, 0.4) is 0 Å². The second-order valence-corrected chi connectivity index (χ2v) is 6.31. The predicted molar refractivity (Wildman–Crippen MR) is 85.3 cm³/mol. The van der Waals surface area contributed by atoms with Crippen molar-refractivity contribution in [2.45, 2.75) is 45.1 Å². The van der Waals surface area contributed by atoms with Gasteiger partial charge in [0.25, 0.3) is 0 Å². The van der Waals surface area contributed by atoms with Crippen molar-refractivity contribution >= 4 is 11.8 Å². The van der Waals surface area contributed by atoms with E-state index in [1.165, 1.54) is 10.5 Å². The second kappa shape index (κ2) is 8.49. The van der Waals surface area contributed by atoms with Crippen LogP contribution in [0.2, 0.25) is 0 Å². The molecular formula is C16H27NOS. The first-order valence-corrected chi connectivity index (χ1v) is 8.11. The lowest BCUT2D eigenvalue weighted by molar-refractivity contribution is 0.399. The van der Waals surface area contributed by atoms with Gasteiger partial charge in [0.2, 0.25) is 0 Å². The summed E-state index contributed by atoms with van der Waals surface area (Å²) in [5, 5.41) is 3.56. The molecule has 0 aromatic heterocycles. The van der Waals surface area contributed by atoms with Crippen molar-refractivity contribution in [3.63, 3.8) is 0 Å². The molecule has 0 aliphatic carbocycles. The number of ether oxygens (including phenoxy) is 1. The van der Waals surface area contributed by atoms with Crippen molar-refractivity contribution in [2.75, 3.05) is 19.4 Å². The summed E-state index contributed by atoms with van der Waals surface area (Å²) in [6.07, 6.45) is 1.15. The summed E-state index contributed by atoms with van der Waals surface area (Å²) in [5.41, 5.74) is 1.30. The fourth-order valence-corrected chi connectivity index (χ4v) is 3.09. The van der Waals surface area contributed by atoms with Gasteiger partial charge in [-0.2, -0.15) is 0 Å². The van der Waals surface area contributed by atoms with E-state index in [4.69, 9.17) is 4.74 Å². The highest BCUT2D eigenvalue weighted by Gasteiger charge is 2.16. The number of methoxy groups -OCH3 is 1.